The average Bonchev–Trinajstić information content (AvgIpc) is 3.17. The number of anilines is 2. The van der Waals surface area contributed by atoms with Crippen LogP contribution in [0.1, 0.15) is 16.7 Å². The van der Waals surface area contributed by atoms with Crippen molar-refractivity contribution in [3.05, 3.63) is 46.3 Å². The zero-order valence-electron chi connectivity index (χ0n) is 17.2. The Hall–Kier alpha value is -2.62. The highest BCUT2D eigenvalue weighted by atomic mass is 32.1. The number of hydrogen-bond donors (Lipinski definition) is 2. The number of ether oxygens (including phenoxy) is 1. The van der Waals surface area contributed by atoms with Crippen LogP contribution in [0.25, 0.3) is 11.3 Å². The van der Waals surface area contributed by atoms with Crippen molar-refractivity contribution in [2.24, 2.45) is 0 Å². The van der Waals surface area contributed by atoms with Gasteiger partial charge in [0.15, 0.2) is 5.75 Å². The lowest BCUT2D eigenvalue weighted by atomic mass is 10.1. The summed E-state index contributed by atoms with van der Waals surface area (Å²) in [5.41, 5.74) is 2.84. The second-order valence-corrected chi connectivity index (χ2v) is 9.44. The molecule has 31 heavy (non-hydrogen) atoms. The highest BCUT2D eigenvalue weighted by molar-refractivity contribution is 7.80. The number of piperazine rings is 1. The molecule has 4 heterocycles. The van der Waals surface area contributed by atoms with E-state index in [1.54, 1.807) is 24.5 Å². The van der Waals surface area contributed by atoms with E-state index < -0.39 is 0 Å². The first kappa shape index (κ1) is 20.3. The van der Waals surface area contributed by atoms with Crippen LogP contribution in [0.4, 0.5) is 11.6 Å². The first-order chi connectivity index (χ1) is 15.0. The molecule has 5 rings (SSSR count). The fourth-order valence-electron chi connectivity index (χ4n) is 3.90. The van der Waals surface area contributed by atoms with Gasteiger partial charge in [0.2, 0.25) is 11.9 Å². The van der Waals surface area contributed by atoms with E-state index in [0.29, 0.717) is 18.3 Å². The third-order valence-corrected chi connectivity index (χ3v) is 6.90. The van der Waals surface area contributed by atoms with Gasteiger partial charge in [-0.2, -0.15) is 0 Å². The van der Waals surface area contributed by atoms with E-state index in [9.17, 15) is 4.79 Å². The van der Waals surface area contributed by atoms with Gasteiger partial charge >= 0.3 is 0 Å². The maximum absolute atomic E-state index is 11.5. The van der Waals surface area contributed by atoms with E-state index in [-0.39, 0.29) is 5.91 Å². The van der Waals surface area contributed by atoms with E-state index in [1.807, 2.05) is 29.2 Å². The second kappa shape index (κ2) is 8.49. The Morgan fingerprint density at radius 2 is 2.10 bits per heavy atom. The molecule has 2 aliphatic rings. The van der Waals surface area contributed by atoms with Crippen LogP contribution in [-0.4, -0.2) is 51.9 Å². The molecule has 0 unspecified atom stereocenters. The van der Waals surface area contributed by atoms with Crippen molar-refractivity contribution < 1.29 is 9.53 Å². The number of thiophene rings is 1. The SMILES string of the molecule is CC(=O)N1CCN(Cc2cc3c(s2)COc2cnc(Nc4cccc(S)c4)nc2-3)CC1. The maximum atomic E-state index is 11.5. The van der Waals surface area contributed by atoms with Crippen molar-refractivity contribution >= 4 is 41.5 Å². The quantitative estimate of drug-likeness (QED) is 0.586. The number of nitrogens with one attached hydrogen (secondary N) is 1. The molecule has 1 fully saturated rings. The molecule has 0 spiro atoms. The van der Waals surface area contributed by atoms with Crippen molar-refractivity contribution in [3.8, 4) is 17.0 Å². The minimum atomic E-state index is 0.158. The number of rotatable bonds is 4. The van der Waals surface area contributed by atoms with Crippen molar-refractivity contribution in [2.75, 3.05) is 31.5 Å². The Morgan fingerprint density at radius 3 is 2.87 bits per heavy atom. The van der Waals surface area contributed by atoms with Gasteiger partial charge in [-0.1, -0.05) is 6.07 Å². The number of nitrogens with zero attached hydrogens (tertiary/aromatic N) is 4. The first-order valence-corrected chi connectivity index (χ1v) is 11.5. The van der Waals surface area contributed by atoms with Gasteiger partial charge in [-0.3, -0.25) is 9.69 Å². The summed E-state index contributed by atoms with van der Waals surface area (Å²) >= 11 is 6.16. The van der Waals surface area contributed by atoms with E-state index in [4.69, 9.17) is 9.72 Å². The van der Waals surface area contributed by atoms with Gasteiger partial charge in [0.1, 0.15) is 12.3 Å². The van der Waals surface area contributed by atoms with Gasteiger partial charge in [0, 0.05) is 60.7 Å². The van der Waals surface area contributed by atoms with Crippen molar-refractivity contribution in [1.29, 1.82) is 0 Å². The fourth-order valence-corrected chi connectivity index (χ4v) is 5.25. The second-order valence-electron chi connectivity index (χ2n) is 7.70. The molecule has 1 saturated heterocycles. The number of aromatic nitrogens is 2. The first-order valence-electron chi connectivity index (χ1n) is 10.2. The molecule has 9 heteroatoms. The molecule has 1 N–H and O–H groups in total. The number of fused-ring (bicyclic) bond motifs is 3. The molecule has 1 amide bonds. The molecule has 7 nitrogen and oxygen atoms in total. The molecule has 0 bridgehead atoms. The van der Waals surface area contributed by atoms with Crippen LogP contribution in [0, 0.1) is 0 Å². The predicted octanol–water partition coefficient (Wildman–Crippen LogP) is 3.79. The molecule has 0 radical (unpaired) electrons. The van der Waals surface area contributed by atoms with Gasteiger partial charge in [-0.15, -0.1) is 24.0 Å². The van der Waals surface area contributed by atoms with Crippen LogP contribution >= 0.6 is 24.0 Å². The molecule has 0 saturated carbocycles. The normalized spacial score (nSPS) is 15.7. The zero-order chi connectivity index (χ0) is 21.4. The Labute approximate surface area is 190 Å². The smallest absolute Gasteiger partial charge is 0.227 e. The van der Waals surface area contributed by atoms with E-state index in [1.165, 1.54) is 9.75 Å². The van der Waals surface area contributed by atoms with Gasteiger partial charge < -0.3 is 15.0 Å². The van der Waals surface area contributed by atoms with Crippen molar-refractivity contribution in [1.82, 2.24) is 19.8 Å². The highest BCUT2D eigenvalue weighted by Crippen LogP contribution is 2.41. The molecule has 2 aliphatic heterocycles. The van der Waals surface area contributed by atoms with Gasteiger partial charge in [-0.25, -0.2) is 9.97 Å². The average molecular weight is 454 g/mol. The van der Waals surface area contributed by atoms with Gasteiger partial charge in [0.05, 0.1) is 11.1 Å². The third-order valence-electron chi connectivity index (χ3n) is 5.53. The van der Waals surface area contributed by atoms with Crippen LogP contribution in [0.5, 0.6) is 5.75 Å². The number of carbonyl (C=O) groups is 1. The molecule has 1 aromatic carbocycles. The summed E-state index contributed by atoms with van der Waals surface area (Å²) in [7, 11) is 0. The Kier molecular flexibility index (Phi) is 5.56. The van der Waals surface area contributed by atoms with Crippen LogP contribution in [0.15, 0.2) is 41.4 Å². The summed E-state index contributed by atoms with van der Waals surface area (Å²) in [5.74, 6) is 1.40. The summed E-state index contributed by atoms with van der Waals surface area (Å²) in [4.78, 5) is 28.4. The Bertz CT molecular complexity index is 1120. The number of amides is 1. The van der Waals surface area contributed by atoms with Gasteiger partial charge in [0.25, 0.3) is 0 Å². The lowest BCUT2D eigenvalue weighted by Crippen LogP contribution is -2.47. The number of carbonyl (C=O) groups excluding carboxylic acids is 1. The van der Waals surface area contributed by atoms with Crippen LogP contribution in [0.2, 0.25) is 0 Å². The monoisotopic (exact) mass is 453 g/mol. The molecule has 3 aromatic rings. The molecular weight excluding hydrogens is 430 g/mol. The topological polar surface area (TPSA) is 70.6 Å². The summed E-state index contributed by atoms with van der Waals surface area (Å²) in [6.45, 7) is 6.45. The number of thiol groups is 1. The van der Waals surface area contributed by atoms with Gasteiger partial charge in [-0.05, 0) is 24.3 Å². The maximum Gasteiger partial charge on any atom is 0.227 e. The number of benzene rings is 1. The third kappa shape index (κ3) is 4.39. The molecule has 0 atom stereocenters. The van der Waals surface area contributed by atoms with E-state index >= 15 is 0 Å². The predicted molar refractivity (Wildman–Crippen MR) is 124 cm³/mol. The van der Waals surface area contributed by atoms with Crippen LogP contribution in [-0.2, 0) is 17.9 Å². The Morgan fingerprint density at radius 1 is 1.26 bits per heavy atom. The zero-order valence-corrected chi connectivity index (χ0v) is 18.9. The number of hydrogen-bond acceptors (Lipinski definition) is 8. The summed E-state index contributed by atoms with van der Waals surface area (Å²) in [6, 6.07) is 9.98. The Balaban J connectivity index is 1.34. The molecule has 160 valence electrons. The largest absolute Gasteiger partial charge is 0.484 e. The summed E-state index contributed by atoms with van der Waals surface area (Å²) in [6.07, 6.45) is 1.73. The van der Waals surface area contributed by atoms with E-state index in [2.05, 4.69) is 33.9 Å². The highest BCUT2D eigenvalue weighted by Gasteiger charge is 2.25. The minimum absolute atomic E-state index is 0.158. The lowest BCUT2D eigenvalue weighted by molar-refractivity contribution is -0.130. The summed E-state index contributed by atoms with van der Waals surface area (Å²) < 4.78 is 5.91. The van der Waals surface area contributed by atoms with Crippen molar-refractivity contribution in [3.63, 3.8) is 0 Å². The molecule has 2 aromatic heterocycles. The molecular formula is C22H23N5O2S2. The summed E-state index contributed by atoms with van der Waals surface area (Å²) in [5, 5.41) is 3.25. The fraction of sp³-hybridized carbons (Fsp3) is 0.318. The van der Waals surface area contributed by atoms with Crippen molar-refractivity contribution in [2.45, 2.75) is 25.0 Å². The standard InChI is InChI=1S/C22H23N5O2S2/c1-14(28)27-7-5-26(6-8-27)12-17-10-18-20(31-17)13-29-19-11-23-22(25-21(18)19)24-15-3-2-4-16(30)9-15/h2-4,9-11,30H,5-8,12-13H2,1H3,(H,23,24,25). The van der Waals surface area contributed by atoms with Crippen LogP contribution < -0.4 is 10.1 Å². The lowest BCUT2D eigenvalue weighted by Gasteiger charge is -2.33. The van der Waals surface area contributed by atoms with E-state index in [0.717, 1.165) is 54.6 Å². The van der Waals surface area contributed by atoms with Crippen LogP contribution in [0.3, 0.4) is 0 Å². The molecule has 0 aliphatic carbocycles. The minimum Gasteiger partial charge on any atom is -0.484 e.